The van der Waals surface area contributed by atoms with Crippen LogP contribution < -0.4 is 10.1 Å². The van der Waals surface area contributed by atoms with Gasteiger partial charge in [0.1, 0.15) is 5.75 Å². The number of benzene rings is 2. The largest absolute Gasteiger partial charge is 0.483 e. The molecule has 0 heterocycles. The SMILES string of the molecule is CCc1ccccc1OCC(=O)N(C)CC(=O)Nc1c(Cl)cccc1Cl. The highest BCUT2D eigenvalue weighted by atomic mass is 35.5. The number of aryl methyl sites for hydroxylation is 1. The topological polar surface area (TPSA) is 58.6 Å². The highest BCUT2D eigenvalue weighted by molar-refractivity contribution is 6.39. The fraction of sp³-hybridized carbons (Fsp3) is 0.263. The molecule has 0 aliphatic carbocycles. The zero-order valence-corrected chi connectivity index (χ0v) is 16.1. The standard InChI is InChI=1S/C19H20Cl2N2O3/c1-3-13-7-4-5-10-16(13)26-12-18(25)23(2)11-17(24)22-19-14(20)8-6-9-15(19)21/h4-10H,3,11-12H2,1-2H3,(H,22,24). The molecule has 0 fully saturated rings. The number of anilines is 1. The first-order valence-electron chi connectivity index (χ1n) is 8.11. The van der Waals surface area contributed by atoms with Gasteiger partial charge in [-0.15, -0.1) is 0 Å². The molecule has 0 saturated carbocycles. The second-order valence-corrected chi connectivity index (χ2v) is 6.46. The number of hydrogen-bond donors (Lipinski definition) is 1. The van der Waals surface area contributed by atoms with Gasteiger partial charge in [-0.25, -0.2) is 0 Å². The van der Waals surface area contributed by atoms with Crippen LogP contribution in [0.2, 0.25) is 10.0 Å². The molecule has 0 aromatic heterocycles. The highest BCUT2D eigenvalue weighted by Gasteiger charge is 2.16. The number of halogens is 2. The molecule has 0 saturated heterocycles. The molecule has 138 valence electrons. The van der Waals surface area contributed by atoms with E-state index in [0.29, 0.717) is 21.5 Å². The molecule has 0 aliphatic heterocycles. The van der Waals surface area contributed by atoms with Gasteiger partial charge in [0.25, 0.3) is 5.91 Å². The first-order chi connectivity index (χ1) is 12.4. The fourth-order valence-corrected chi connectivity index (χ4v) is 2.78. The lowest BCUT2D eigenvalue weighted by atomic mass is 10.1. The molecule has 0 bridgehead atoms. The van der Waals surface area contributed by atoms with Crippen molar-refractivity contribution in [1.29, 1.82) is 0 Å². The Labute approximate surface area is 162 Å². The predicted octanol–water partition coefficient (Wildman–Crippen LogP) is 4.03. The summed E-state index contributed by atoms with van der Waals surface area (Å²) in [6.45, 7) is 1.73. The van der Waals surface area contributed by atoms with Crippen LogP contribution in [0.5, 0.6) is 5.75 Å². The van der Waals surface area contributed by atoms with Crippen LogP contribution in [-0.4, -0.2) is 36.9 Å². The Balaban J connectivity index is 1.89. The van der Waals surface area contributed by atoms with Gasteiger partial charge in [-0.3, -0.25) is 9.59 Å². The maximum atomic E-state index is 12.2. The molecule has 5 nitrogen and oxygen atoms in total. The molecule has 0 unspecified atom stereocenters. The van der Waals surface area contributed by atoms with Gasteiger partial charge >= 0.3 is 0 Å². The molecule has 26 heavy (non-hydrogen) atoms. The number of likely N-dealkylation sites (N-methyl/N-ethyl adjacent to an activating group) is 1. The molecule has 0 aliphatic rings. The molecular formula is C19H20Cl2N2O3. The minimum Gasteiger partial charge on any atom is -0.483 e. The van der Waals surface area contributed by atoms with E-state index in [1.165, 1.54) is 11.9 Å². The van der Waals surface area contributed by atoms with Crippen LogP contribution in [0, 0.1) is 0 Å². The van der Waals surface area contributed by atoms with E-state index in [4.69, 9.17) is 27.9 Å². The maximum absolute atomic E-state index is 12.2. The molecule has 0 radical (unpaired) electrons. The molecule has 1 N–H and O–H groups in total. The average molecular weight is 395 g/mol. The third-order valence-electron chi connectivity index (χ3n) is 3.74. The Kier molecular flexibility index (Phi) is 7.30. The van der Waals surface area contributed by atoms with Crippen molar-refractivity contribution in [3.8, 4) is 5.75 Å². The quantitative estimate of drug-likeness (QED) is 0.770. The van der Waals surface area contributed by atoms with Crippen LogP contribution in [0.1, 0.15) is 12.5 Å². The van der Waals surface area contributed by atoms with Crippen LogP contribution in [0.25, 0.3) is 0 Å². The van der Waals surface area contributed by atoms with Crippen LogP contribution in [0.15, 0.2) is 42.5 Å². The second-order valence-electron chi connectivity index (χ2n) is 5.64. The molecule has 0 atom stereocenters. The summed E-state index contributed by atoms with van der Waals surface area (Å²) in [6, 6.07) is 12.5. The van der Waals surface area contributed by atoms with Crippen molar-refractivity contribution in [2.45, 2.75) is 13.3 Å². The number of hydrogen-bond acceptors (Lipinski definition) is 3. The van der Waals surface area contributed by atoms with Gasteiger partial charge < -0.3 is 15.0 Å². The first kappa shape index (κ1) is 20.1. The van der Waals surface area contributed by atoms with E-state index in [1.807, 2.05) is 31.2 Å². The molecule has 2 aromatic carbocycles. The minimum absolute atomic E-state index is 0.140. The molecular weight excluding hydrogens is 375 g/mol. The van der Waals surface area contributed by atoms with Gasteiger partial charge in [0.15, 0.2) is 6.61 Å². The molecule has 2 aromatic rings. The number of carbonyl (C=O) groups excluding carboxylic acids is 2. The van der Waals surface area contributed by atoms with E-state index in [-0.39, 0.29) is 19.1 Å². The molecule has 2 rings (SSSR count). The van der Waals surface area contributed by atoms with Crippen LogP contribution in [-0.2, 0) is 16.0 Å². The van der Waals surface area contributed by atoms with Crippen molar-refractivity contribution in [3.63, 3.8) is 0 Å². The summed E-state index contributed by atoms with van der Waals surface area (Å²) in [6.07, 6.45) is 0.807. The van der Waals surface area contributed by atoms with Crippen molar-refractivity contribution in [3.05, 3.63) is 58.1 Å². The number of para-hydroxylation sites is 2. The Morgan fingerprint density at radius 3 is 2.38 bits per heavy atom. The van der Waals surface area contributed by atoms with Gasteiger partial charge in [0.2, 0.25) is 5.91 Å². The van der Waals surface area contributed by atoms with Crippen LogP contribution in [0.3, 0.4) is 0 Å². The second kappa shape index (κ2) is 9.46. The summed E-state index contributed by atoms with van der Waals surface area (Å²) in [7, 11) is 1.53. The third-order valence-corrected chi connectivity index (χ3v) is 4.37. The molecule has 7 heteroatoms. The first-order valence-corrected chi connectivity index (χ1v) is 8.86. The Morgan fingerprint density at radius 2 is 1.73 bits per heavy atom. The van der Waals surface area contributed by atoms with Gasteiger partial charge in [0, 0.05) is 7.05 Å². The third kappa shape index (κ3) is 5.38. The summed E-state index contributed by atoms with van der Waals surface area (Å²) in [4.78, 5) is 25.6. The number of nitrogens with one attached hydrogen (secondary N) is 1. The smallest absolute Gasteiger partial charge is 0.260 e. The lowest BCUT2D eigenvalue weighted by molar-refractivity contribution is -0.135. The van der Waals surface area contributed by atoms with E-state index in [1.54, 1.807) is 18.2 Å². The van der Waals surface area contributed by atoms with E-state index in [0.717, 1.165) is 12.0 Å². The number of carbonyl (C=O) groups is 2. The van der Waals surface area contributed by atoms with Crippen molar-refractivity contribution in [2.24, 2.45) is 0 Å². The monoisotopic (exact) mass is 394 g/mol. The number of ether oxygens (including phenoxy) is 1. The summed E-state index contributed by atoms with van der Waals surface area (Å²) in [5.41, 5.74) is 1.35. The van der Waals surface area contributed by atoms with Gasteiger partial charge in [-0.1, -0.05) is 54.4 Å². The van der Waals surface area contributed by atoms with Gasteiger partial charge in [-0.2, -0.15) is 0 Å². The summed E-state index contributed by atoms with van der Waals surface area (Å²) in [5.74, 6) is -0.0369. The van der Waals surface area contributed by atoms with Crippen LogP contribution in [0.4, 0.5) is 5.69 Å². The van der Waals surface area contributed by atoms with Gasteiger partial charge in [0.05, 0.1) is 22.3 Å². The normalized spacial score (nSPS) is 10.3. The lowest BCUT2D eigenvalue weighted by Crippen LogP contribution is -2.37. The maximum Gasteiger partial charge on any atom is 0.260 e. The predicted molar refractivity (Wildman–Crippen MR) is 104 cm³/mol. The van der Waals surface area contributed by atoms with E-state index < -0.39 is 5.91 Å². The fourth-order valence-electron chi connectivity index (χ4n) is 2.29. The summed E-state index contributed by atoms with van der Waals surface area (Å²) >= 11 is 12.0. The van der Waals surface area contributed by atoms with Crippen molar-refractivity contribution in [2.75, 3.05) is 25.5 Å². The molecule has 0 spiro atoms. The van der Waals surface area contributed by atoms with Crippen LogP contribution >= 0.6 is 23.2 Å². The number of rotatable bonds is 7. The van der Waals surface area contributed by atoms with Gasteiger partial charge in [-0.05, 0) is 30.2 Å². The van der Waals surface area contributed by atoms with E-state index in [9.17, 15) is 9.59 Å². The Hall–Kier alpha value is -2.24. The number of amides is 2. The summed E-state index contributed by atoms with van der Waals surface area (Å²) in [5, 5.41) is 3.28. The Bertz CT molecular complexity index is 776. The summed E-state index contributed by atoms with van der Waals surface area (Å²) < 4.78 is 5.58. The lowest BCUT2D eigenvalue weighted by Gasteiger charge is -2.18. The van der Waals surface area contributed by atoms with Crippen molar-refractivity contribution < 1.29 is 14.3 Å². The number of nitrogens with zero attached hydrogens (tertiary/aromatic N) is 1. The zero-order valence-electron chi connectivity index (χ0n) is 14.6. The van der Waals surface area contributed by atoms with Crippen molar-refractivity contribution >= 4 is 40.7 Å². The average Bonchev–Trinajstić information content (AvgIpc) is 2.63. The van der Waals surface area contributed by atoms with E-state index >= 15 is 0 Å². The highest BCUT2D eigenvalue weighted by Crippen LogP contribution is 2.29. The van der Waals surface area contributed by atoms with Crippen molar-refractivity contribution in [1.82, 2.24) is 4.90 Å². The molecule has 2 amide bonds. The van der Waals surface area contributed by atoms with E-state index in [2.05, 4.69) is 5.32 Å². The zero-order chi connectivity index (χ0) is 19.1. The Morgan fingerprint density at radius 1 is 1.08 bits per heavy atom. The minimum atomic E-state index is -0.398.